The molecule has 7 amide bonds. The molecular formula is C46H74N8O31. The molecule has 0 saturated carbocycles. The normalized spacial score (nSPS) is 43.9. The van der Waals surface area contributed by atoms with Crippen molar-refractivity contribution in [2.75, 3.05) is 39.3 Å². The SMILES string of the molecule is CC(=O)NC1C(C(=O)O)O[C@H](CNC(=O)[C@@H]2O[C@H](CNC(=O)C3O[C@H](CNC(=O)[C@@H]4O[C@H](CNC(=O)[C@@H]5O[C@H](CNC(=O)C6O[C@H](CN)C(O)C(O)C6O)C(O)C(O)C5NC(C)=O)C(O)C(O)C4O)C(O)C(O)C3O)C(O)C(O)C2O)C(O)C1O. The summed E-state index contributed by atoms with van der Waals surface area (Å²) in [6, 6.07) is -3.31. The minimum absolute atomic E-state index is 0.375. The van der Waals surface area contributed by atoms with E-state index in [2.05, 4.69) is 37.2 Å². The van der Waals surface area contributed by atoms with Crippen LogP contribution in [0.25, 0.3) is 0 Å². The molecule has 6 aliphatic heterocycles. The molecule has 484 valence electrons. The molecule has 0 aromatic heterocycles. The number of carbonyl (C=O) groups excluding carboxylic acids is 7. The zero-order chi connectivity index (χ0) is 63.4. The predicted molar refractivity (Wildman–Crippen MR) is 265 cm³/mol. The molecule has 6 heterocycles. The van der Waals surface area contributed by atoms with E-state index in [1.165, 1.54) is 0 Å². The Hall–Kier alpha value is -5.16. The second-order valence-corrected chi connectivity index (χ2v) is 21.2. The summed E-state index contributed by atoms with van der Waals surface area (Å²) in [5, 5.41) is 195. The Balaban J connectivity index is 1.03. The molecule has 21 unspecified atom stereocenters. The lowest BCUT2D eigenvalue weighted by molar-refractivity contribution is -0.226. The Kier molecular flexibility index (Phi) is 23.7. The van der Waals surface area contributed by atoms with Crippen LogP contribution in [-0.4, -0.2) is 356 Å². The third-order valence-corrected chi connectivity index (χ3v) is 15.2. The van der Waals surface area contributed by atoms with Gasteiger partial charge in [0.1, 0.15) is 128 Å². The average Bonchev–Trinajstić information content (AvgIpc) is 2.23. The standard InChI is InChI=1S/C46H74N8O31/c1-9(55)53-17-25(63)20(58)12(4-49-42(74)37-31(69)27(65)19(57)11(3-47)80-37)81-35(17)41(73)48-6-14-22(60)28(66)32(70)39(83-14)44(76)51-8-16-24(62)30(68)34(72)40(85-16)45(77)52-7-15-23(61)29(67)33(71)38(84-15)43(75)50-5-13-21(59)26(64)18(54-10(2)56)36(82-13)46(78)79/h11-40,57-72H,3-8,47H2,1-2H3,(H,48,73)(H,49,74)(H,50,75)(H,51,76)(H,52,77)(H,53,55)(H,54,56)(H,78,79)/t11-,12-,13-,14-,15-,16-,17?,18?,19?,20?,21?,22?,23?,24?,25?,26?,27?,28?,29?,30?,31?,32?,33?,34?,35-,36?,37?,38-,39-,40?/m1/s1. The van der Waals surface area contributed by atoms with Gasteiger partial charge in [-0.3, -0.25) is 33.6 Å². The highest BCUT2D eigenvalue weighted by molar-refractivity contribution is 5.85. The van der Waals surface area contributed by atoms with E-state index in [4.69, 9.17) is 34.2 Å². The number of carboxylic acids is 1. The number of aliphatic hydroxyl groups is 16. The van der Waals surface area contributed by atoms with Gasteiger partial charge in [0, 0.05) is 53.1 Å². The number of nitrogens with two attached hydrogens (primary N) is 1. The fourth-order valence-electron chi connectivity index (χ4n) is 10.4. The minimum atomic E-state index is -2.22. The predicted octanol–water partition coefficient (Wildman–Crippen LogP) is -18.0. The van der Waals surface area contributed by atoms with Crippen LogP contribution in [-0.2, 0) is 66.8 Å². The van der Waals surface area contributed by atoms with Crippen LogP contribution in [0.1, 0.15) is 13.8 Å². The van der Waals surface area contributed by atoms with Gasteiger partial charge >= 0.3 is 5.97 Å². The van der Waals surface area contributed by atoms with Gasteiger partial charge in [0.25, 0.3) is 29.5 Å². The molecule has 0 radical (unpaired) electrons. The Bertz CT molecular complexity index is 2370. The molecule has 26 N–H and O–H groups in total. The maximum atomic E-state index is 13.7. The van der Waals surface area contributed by atoms with Gasteiger partial charge < -0.3 is 158 Å². The van der Waals surface area contributed by atoms with E-state index in [0.717, 1.165) is 13.8 Å². The van der Waals surface area contributed by atoms with Gasteiger partial charge in [-0.15, -0.1) is 0 Å². The molecule has 6 saturated heterocycles. The Morgan fingerprint density at radius 2 is 0.518 bits per heavy atom. The van der Waals surface area contributed by atoms with Crippen LogP contribution in [0.5, 0.6) is 0 Å². The number of hydrogen-bond acceptors (Lipinski definition) is 31. The molecule has 6 aliphatic rings. The highest BCUT2D eigenvalue weighted by Gasteiger charge is 2.54. The van der Waals surface area contributed by atoms with Gasteiger partial charge in [0.2, 0.25) is 11.8 Å². The van der Waals surface area contributed by atoms with Gasteiger partial charge in [-0.2, -0.15) is 0 Å². The molecule has 0 bridgehead atoms. The smallest absolute Gasteiger partial charge is 0.335 e. The van der Waals surface area contributed by atoms with Gasteiger partial charge in [0.05, 0.1) is 18.2 Å². The summed E-state index contributed by atoms with van der Waals surface area (Å²) < 4.78 is 32.9. The van der Waals surface area contributed by atoms with Gasteiger partial charge in [-0.1, -0.05) is 0 Å². The molecule has 39 nitrogen and oxygen atoms in total. The van der Waals surface area contributed by atoms with Crippen molar-refractivity contribution in [1.29, 1.82) is 0 Å². The molecule has 0 aromatic carbocycles. The van der Waals surface area contributed by atoms with Crippen molar-refractivity contribution in [3.63, 3.8) is 0 Å². The van der Waals surface area contributed by atoms with E-state index in [1.807, 2.05) is 0 Å². The maximum Gasteiger partial charge on any atom is 0.335 e. The molecule has 6 rings (SSSR count). The third kappa shape index (κ3) is 15.4. The maximum absolute atomic E-state index is 13.7. The number of carbonyl (C=O) groups is 8. The first kappa shape index (κ1) is 68.9. The molecule has 0 aliphatic carbocycles. The number of hydrogen-bond donors (Lipinski definition) is 25. The van der Waals surface area contributed by atoms with Crippen LogP contribution in [0, 0.1) is 0 Å². The number of aliphatic carboxylic acids is 1. The van der Waals surface area contributed by atoms with Crippen molar-refractivity contribution < 1.29 is 154 Å². The Morgan fingerprint density at radius 1 is 0.306 bits per heavy atom. The quantitative estimate of drug-likeness (QED) is 0.0571. The summed E-state index contributed by atoms with van der Waals surface area (Å²) in [6.07, 6.45) is -54.4. The number of carboxylic acid groups (broad SMARTS) is 1. The molecular weight excluding hydrogens is 1160 g/mol. The number of aliphatic hydroxyl groups excluding tert-OH is 16. The van der Waals surface area contributed by atoms with Crippen molar-refractivity contribution in [3.8, 4) is 0 Å². The van der Waals surface area contributed by atoms with Crippen LogP contribution in [0.15, 0.2) is 0 Å². The summed E-state index contributed by atoms with van der Waals surface area (Å²) in [6.45, 7) is -2.39. The van der Waals surface area contributed by atoms with Crippen molar-refractivity contribution in [1.82, 2.24) is 37.2 Å². The van der Waals surface area contributed by atoms with Crippen molar-refractivity contribution in [3.05, 3.63) is 0 Å². The Morgan fingerprint density at radius 3 is 0.776 bits per heavy atom. The first-order valence-corrected chi connectivity index (χ1v) is 26.5. The van der Waals surface area contributed by atoms with E-state index in [9.17, 15) is 125 Å². The summed E-state index contributed by atoms with van der Waals surface area (Å²) in [4.78, 5) is 103. The van der Waals surface area contributed by atoms with Crippen molar-refractivity contribution in [2.45, 2.75) is 197 Å². The van der Waals surface area contributed by atoms with Crippen LogP contribution in [0.3, 0.4) is 0 Å². The topological polar surface area (TPSA) is 646 Å². The zero-order valence-electron chi connectivity index (χ0n) is 45.0. The molecule has 30 atom stereocenters. The number of nitrogens with one attached hydrogen (secondary N) is 7. The lowest BCUT2D eigenvalue weighted by atomic mass is 9.91. The largest absolute Gasteiger partial charge is 0.479 e. The molecule has 0 aromatic rings. The summed E-state index contributed by atoms with van der Waals surface area (Å²) in [7, 11) is 0. The van der Waals surface area contributed by atoms with E-state index in [0.29, 0.717) is 0 Å². The fourth-order valence-corrected chi connectivity index (χ4v) is 10.4. The van der Waals surface area contributed by atoms with Crippen LogP contribution < -0.4 is 43.0 Å². The van der Waals surface area contributed by atoms with Crippen LogP contribution in [0.2, 0.25) is 0 Å². The lowest BCUT2D eigenvalue weighted by Gasteiger charge is -2.43. The Labute approximate surface area is 479 Å². The highest BCUT2D eigenvalue weighted by Crippen LogP contribution is 2.28. The zero-order valence-corrected chi connectivity index (χ0v) is 45.0. The highest BCUT2D eigenvalue weighted by atomic mass is 16.6. The average molecular weight is 1240 g/mol. The molecule has 85 heavy (non-hydrogen) atoms. The number of amides is 7. The minimum Gasteiger partial charge on any atom is -0.479 e. The van der Waals surface area contributed by atoms with Crippen LogP contribution >= 0.6 is 0 Å². The summed E-state index contributed by atoms with van der Waals surface area (Å²) in [5.41, 5.74) is 5.52. The van der Waals surface area contributed by atoms with E-state index < -0.39 is 263 Å². The lowest BCUT2D eigenvalue weighted by Crippen LogP contribution is -2.69. The van der Waals surface area contributed by atoms with Crippen molar-refractivity contribution in [2.24, 2.45) is 5.73 Å². The number of ether oxygens (including phenoxy) is 6. The third-order valence-electron chi connectivity index (χ3n) is 15.2. The van der Waals surface area contributed by atoms with Crippen LogP contribution in [0.4, 0.5) is 0 Å². The van der Waals surface area contributed by atoms with E-state index >= 15 is 0 Å². The molecule has 39 heteroatoms. The van der Waals surface area contributed by atoms with E-state index in [1.54, 1.807) is 0 Å². The summed E-state index contributed by atoms with van der Waals surface area (Å²) >= 11 is 0. The van der Waals surface area contributed by atoms with Gasteiger partial charge in [0.15, 0.2) is 36.6 Å². The monoisotopic (exact) mass is 1230 g/mol. The van der Waals surface area contributed by atoms with Gasteiger partial charge in [-0.05, 0) is 0 Å². The molecule has 6 fully saturated rings. The van der Waals surface area contributed by atoms with Gasteiger partial charge in [-0.25, -0.2) is 4.79 Å². The first-order chi connectivity index (χ1) is 39.8. The fraction of sp³-hybridized carbons (Fsp3) is 0.826. The van der Waals surface area contributed by atoms with Crippen molar-refractivity contribution >= 4 is 47.3 Å². The second kappa shape index (κ2) is 29.2. The number of rotatable bonds is 19. The van der Waals surface area contributed by atoms with E-state index in [-0.39, 0.29) is 6.54 Å². The summed E-state index contributed by atoms with van der Waals surface area (Å²) in [5.74, 6) is -9.45. The second-order valence-electron chi connectivity index (χ2n) is 21.2. The first-order valence-electron chi connectivity index (χ1n) is 26.5. The molecule has 0 spiro atoms.